The number of rotatable bonds is 5. The summed E-state index contributed by atoms with van der Waals surface area (Å²) in [6, 6.07) is 8.30. The van der Waals surface area contributed by atoms with E-state index < -0.39 is 0 Å². The van der Waals surface area contributed by atoms with Gasteiger partial charge < -0.3 is 5.32 Å². The van der Waals surface area contributed by atoms with Gasteiger partial charge in [-0.1, -0.05) is 24.6 Å². The Morgan fingerprint density at radius 3 is 2.60 bits per heavy atom. The van der Waals surface area contributed by atoms with Gasteiger partial charge in [-0.05, 0) is 67.3 Å². The third-order valence-electron chi connectivity index (χ3n) is 3.53. The fourth-order valence-corrected chi connectivity index (χ4v) is 2.64. The highest BCUT2D eigenvalue weighted by Gasteiger charge is 2.17. The van der Waals surface area contributed by atoms with Gasteiger partial charge in [0, 0.05) is 17.4 Å². The predicted molar refractivity (Wildman–Crippen MR) is 85.3 cm³/mol. The maximum atomic E-state index is 6.07. The van der Waals surface area contributed by atoms with Gasteiger partial charge in [0.25, 0.3) is 0 Å². The zero-order valence-electron chi connectivity index (χ0n) is 12.3. The molecule has 0 saturated heterocycles. The molecule has 2 rings (SSSR count). The highest BCUT2D eigenvalue weighted by Crippen LogP contribution is 2.28. The molecule has 0 amide bonds. The maximum Gasteiger partial charge on any atom is 0.0597 e. The van der Waals surface area contributed by atoms with Crippen LogP contribution in [0.15, 0.2) is 36.7 Å². The van der Waals surface area contributed by atoms with E-state index in [0.29, 0.717) is 0 Å². The SMILES string of the molecule is CCCNC(c1ccc(Cl)cc1C)c1cnccc1C. The van der Waals surface area contributed by atoms with Crippen LogP contribution in [-0.4, -0.2) is 11.5 Å². The lowest BCUT2D eigenvalue weighted by molar-refractivity contribution is 0.592. The molecule has 20 heavy (non-hydrogen) atoms. The molecule has 0 fully saturated rings. The highest BCUT2D eigenvalue weighted by atomic mass is 35.5. The maximum absolute atomic E-state index is 6.07. The largest absolute Gasteiger partial charge is 0.306 e. The van der Waals surface area contributed by atoms with Crippen LogP contribution in [0, 0.1) is 13.8 Å². The summed E-state index contributed by atoms with van der Waals surface area (Å²) in [5, 5.41) is 4.40. The van der Waals surface area contributed by atoms with Crippen molar-refractivity contribution < 1.29 is 0 Å². The van der Waals surface area contributed by atoms with Gasteiger partial charge in [-0.25, -0.2) is 0 Å². The minimum Gasteiger partial charge on any atom is -0.306 e. The lowest BCUT2D eigenvalue weighted by Gasteiger charge is -2.23. The Balaban J connectivity index is 2.44. The molecule has 1 aromatic carbocycles. The molecule has 2 aromatic rings. The van der Waals surface area contributed by atoms with E-state index in [4.69, 9.17) is 11.6 Å². The molecule has 2 nitrogen and oxygen atoms in total. The fraction of sp³-hybridized carbons (Fsp3) is 0.353. The monoisotopic (exact) mass is 288 g/mol. The van der Waals surface area contributed by atoms with Crippen molar-refractivity contribution in [1.82, 2.24) is 10.3 Å². The minimum absolute atomic E-state index is 0.168. The Hall–Kier alpha value is -1.38. The van der Waals surface area contributed by atoms with Crippen molar-refractivity contribution in [1.29, 1.82) is 0 Å². The second-order valence-corrected chi connectivity index (χ2v) is 5.56. The van der Waals surface area contributed by atoms with Crippen LogP contribution in [-0.2, 0) is 0 Å². The molecule has 0 saturated carbocycles. The Kier molecular flexibility index (Phi) is 5.16. The van der Waals surface area contributed by atoms with Gasteiger partial charge in [0.1, 0.15) is 0 Å². The third-order valence-corrected chi connectivity index (χ3v) is 3.77. The standard InChI is InChI=1S/C17H21ClN2/c1-4-8-20-17(16-11-19-9-7-12(16)2)15-6-5-14(18)10-13(15)3/h5-7,9-11,17,20H,4,8H2,1-3H3. The van der Waals surface area contributed by atoms with Crippen LogP contribution in [0.3, 0.4) is 0 Å². The summed E-state index contributed by atoms with van der Waals surface area (Å²) in [4.78, 5) is 4.28. The van der Waals surface area contributed by atoms with Crippen LogP contribution >= 0.6 is 11.6 Å². The molecule has 1 aromatic heterocycles. The summed E-state index contributed by atoms with van der Waals surface area (Å²) < 4.78 is 0. The number of hydrogen-bond acceptors (Lipinski definition) is 2. The number of hydrogen-bond donors (Lipinski definition) is 1. The molecular formula is C17H21ClN2. The summed E-state index contributed by atoms with van der Waals surface area (Å²) in [6.45, 7) is 7.38. The first kappa shape index (κ1) is 15.0. The molecule has 1 N–H and O–H groups in total. The first-order valence-corrected chi connectivity index (χ1v) is 7.41. The van der Waals surface area contributed by atoms with Crippen LogP contribution in [0.2, 0.25) is 5.02 Å². The number of aryl methyl sites for hydroxylation is 2. The van der Waals surface area contributed by atoms with Crippen molar-refractivity contribution in [2.45, 2.75) is 33.2 Å². The molecule has 0 bridgehead atoms. The zero-order valence-corrected chi connectivity index (χ0v) is 13.0. The van der Waals surface area contributed by atoms with E-state index in [1.807, 2.05) is 24.5 Å². The van der Waals surface area contributed by atoms with Crippen molar-refractivity contribution in [3.05, 3.63) is 63.9 Å². The molecule has 1 heterocycles. The molecule has 0 aliphatic rings. The van der Waals surface area contributed by atoms with E-state index in [1.54, 1.807) is 0 Å². The van der Waals surface area contributed by atoms with Gasteiger partial charge in [-0.15, -0.1) is 0 Å². The molecule has 0 aliphatic heterocycles. The van der Waals surface area contributed by atoms with Crippen LogP contribution in [0.4, 0.5) is 0 Å². The lowest BCUT2D eigenvalue weighted by atomic mass is 9.93. The third kappa shape index (κ3) is 3.38. The van der Waals surface area contributed by atoms with Crippen molar-refractivity contribution in [2.75, 3.05) is 6.54 Å². The Morgan fingerprint density at radius 2 is 1.95 bits per heavy atom. The van der Waals surface area contributed by atoms with Crippen LogP contribution in [0.25, 0.3) is 0 Å². The van der Waals surface area contributed by atoms with Gasteiger partial charge >= 0.3 is 0 Å². The lowest BCUT2D eigenvalue weighted by Crippen LogP contribution is -2.24. The van der Waals surface area contributed by atoms with Crippen molar-refractivity contribution >= 4 is 11.6 Å². The number of nitrogens with zero attached hydrogens (tertiary/aromatic N) is 1. The molecule has 0 radical (unpaired) electrons. The van der Waals surface area contributed by atoms with Crippen molar-refractivity contribution in [3.8, 4) is 0 Å². The van der Waals surface area contributed by atoms with E-state index in [0.717, 1.165) is 18.0 Å². The number of halogens is 1. The first-order valence-electron chi connectivity index (χ1n) is 7.03. The van der Waals surface area contributed by atoms with Crippen molar-refractivity contribution in [3.63, 3.8) is 0 Å². The van der Waals surface area contributed by atoms with Gasteiger partial charge in [0.05, 0.1) is 6.04 Å². The smallest absolute Gasteiger partial charge is 0.0597 e. The molecule has 0 aliphatic carbocycles. The summed E-state index contributed by atoms with van der Waals surface area (Å²) in [5.74, 6) is 0. The summed E-state index contributed by atoms with van der Waals surface area (Å²) in [6.07, 6.45) is 4.89. The summed E-state index contributed by atoms with van der Waals surface area (Å²) in [5.41, 5.74) is 4.95. The van der Waals surface area contributed by atoms with Gasteiger partial charge in [-0.2, -0.15) is 0 Å². The normalized spacial score (nSPS) is 12.4. The van der Waals surface area contributed by atoms with E-state index in [-0.39, 0.29) is 6.04 Å². The quantitative estimate of drug-likeness (QED) is 0.880. The van der Waals surface area contributed by atoms with Crippen LogP contribution in [0.1, 0.15) is 41.6 Å². The second kappa shape index (κ2) is 6.87. The molecule has 1 atom stereocenters. The predicted octanol–water partition coefficient (Wildman–Crippen LogP) is 4.44. The van der Waals surface area contributed by atoms with Crippen LogP contribution in [0.5, 0.6) is 0 Å². The number of nitrogens with one attached hydrogen (secondary N) is 1. The molecule has 1 unspecified atom stereocenters. The van der Waals surface area contributed by atoms with Crippen molar-refractivity contribution in [2.24, 2.45) is 0 Å². The molecule has 106 valence electrons. The average Bonchev–Trinajstić information content (AvgIpc) is 2.42. The Labute approximate surface area is 126 Å². The van der Waals surface area contributed by atoms with Gasteiger partial charge in [0.15, 0.2) is 0 Å². The van der Waals surface area contributed by atoms with E-state index in [9.17, 15) is 0 Å². The second-order valence-electron chi connectivity index (χ2n) is 5.12. The number of aromatic nitrogens is 1. The van der Waals surface area contributed by atoms with Crippen LogP contribution < -0.4 is 5.32 Å². The average molecular weight is 289 g/mol. The Bertz CT molecular complexity index is 581. The Morgan fingerprint density at radius 1 is 1.15 bits per heavy atom. The van der Waals surface area contributed by atoms with E-state index in [1.165, 1.54) is 22.3 Å². The van der Waals surface area contributed by atoms with Gasteiger partial charge in [0.2, 0.25) is 0 Å². The van der Waals surface area contributed by atoms with E-state index >= 15 is 0 Å². The zero-order chi connectivity index (χ0) is 14.5. The minimum atomic E-state index is 0.168. The molecule has 0 spiro atoms. The number of benzene rings is 1. The number of pyridine rings is 1. The molecule has 3 heteroatoms. The topological polar surface area (TPSA) is 24.9 Å². The van der Waals surface area contributed by atoms with Gasteiger partial charge in [-0.3, -0.25) is 4.98 Å². The van der Waals surface area contributed by atoms with E-state index in [2.05, 4.69) is 43.2 Å². The first-order chi connectivity index (χ1) is 9.63. The fourth-order valence-electron chi connectivity index (χ4n) is 2.42. The summed E-state index contributed by atoms with van der Waals surface area (Å²) in [7, 11) is 0. The molecular weight excluding hydrogens is 268 g/mol. The summed E-state index contributed by atoms with van der Waals surface area (Å²) >= 11 is 6.07. The highest BCUT2D eigenvalue weighted by molar-refractivity contribution is 6.30.